The van der Waals surface area contributed by atoms with Crippen LogP contribution in [0.3, 0.4) is 0 Å². The lowest BCUT2D eigenvalue weighted by Gasteiger charge is -2.31. The van der Waals surface area contributed by atoms with E-state index in [1.165, 1.54) is 11.3 Å². The maximum atomic E-state index is 5.60. The first-order valence-electron chi connectivity index (χ1n) is 6.65. The minimum Gasteiger partial charge on any atom is -0.365 e. The van der Waals surface area contributed by atoms with Gasteiger partial charge in [-0.15, -0.1) is 6.42 Å². The molecule has 0 saturated carbocycles. The Balaban J connectivity index is 2.37. The van der Waals surface area contributed by atoms with Crippen molar-refractivity contribution in [3.63, 3.8) is 0 Å². The van der Waals surface area contributed by atoms with Gasteiger partial charge in [-0.05, 0) is 37.6 Å². The Bertz CT molecular complexity index is 566. The molecule has 0 radical (unpaired) electrons. The van der Waals surface area contributed by atoms with E-state index in [1.54, 1.807) is 0 Å². The molecular formula is C18H19N. The summed E-state index contributed by atoms with van der Waals surface area (Å²) in [5, 5.41) is 0. The van der Waals surface area contributed by atoms with E-state index in [9.17, 15) is 0 Å². The van der Waals surface area contributed by atoms with Gasteiger partial charge < -0.3 is 4.90 Å². The van der Waals surface area contributed by atoms with Gasteiger partial charge in [0.1, 0.15) is 0 Å². The molecule has 2 rings (SSSR count). The van der Waals surface area contributed by atoms with Gasteiger partial charge in [-0.1, -0.05) is 42.3 Å². The second-order valence-corrected chi connectivity index (χ2v) is 4.53. The molecule has 0 bridgehead atoms. The molecule has 0 aromatic heterocycles. The van der Waals surface area contributed by atoms with E-state index < -0.39 is 0 Å². The summed E-state index contributed by atoms with van der Waals surface area (Å²) in [6.45, 7) is 5.32. The smallest absolute Gasteiger partial charge is 0.0526 e. The molecule has 0 aliphatic heterocycles. The molecule has 19 heavy (non-hydrogen) atoms. The van der Waals surface area contributed by atoms with Crippen molar-refractivity contribution in [1.29, 1.82) is 0 Å². The van der Waals surface area contributed by atoms with Crippen molar-refractivity contribution >= 4 is 5.69 Å². The van der Waals surface area contributed by atoms with Crippen LogP contribution in [0.4, 0.5) is 5.69 Å². The van der Waals surface area contributed by atoms with Gasteiger partial charge in [0.25, 0.3) is 0 Å². The molecule has 0 fully saturated rings. The summed E-state index contributed by atoms with van der Waals surface area (Å²) in [6, 6.07) is 18.9. The number of benzene rings is 2. The van der Waals surface area contributed by atoms with Crippen molar-refractivity contribution in [2.24, 2.45) is 0 Å². The third kappa shape index (κ3) is 2.80. The average Bonchev–Trinajstić information content (AvgIpc) is 2.49. The first kappa shape index (κ1) is 13.2. The number of nitrogens with zero attached hydrogens (tertiary/aromatic N) is 1. The van der Waals surface area contributed by atoms with E-state index >= 15 is 0 Å². The number of para-hydroxylation sites is 1. The predicted molar refractivity (Wildman–Crippen MR) is 82.3 cm³/mol. The van der Waals surface area contributed by atoms with Crippen molar-refractivity contribution in [3.05, 3.63) is 65.7 Å². The Hall–Kier alpha value is -2.20. The lowest BCUT2D eigenvalue weighted by Crippen LogP contribution is -2.26. The molecule has 96 valence electrons. The first-order chi connectivity index (χ1) is 9.27. The Morgan fingerprint density at radius 3 is 2.32 bits per heavy atom. The van der Waals surface area contributed by atoms with Gasteiger partial charge in [-0.2, -0.15) is 0 Å². The van der Waals surface area contributed by atoms with Gasteiger partial charge >= 0.3 is 0 Å². The largest absolute Gasteiger partial charge is 0.365 e. The summed E-state index contributed by atoms with van der Waals surface area (Å²) in [4.78, 5) is 2.36. The quantitative estimate of drug-likeness (QED) is 0.732. The fraction of sp³-hybridized carbons (Fsp3) is 0.222. The van der Waals surface area contributed by atoms with Crippen LogP contribution in [0.15, 0.2) is 54.6 Å². The number of hydrogen-bond donors (Lipinski definition) is 0. The summed E-state index contributed by atoms with van der Waals surface area (Å²) in [6.07, 6.45) is 5.60. The van der Waals surface area contributed by atoms with Crippen LogP contribution in [0, 0.1) is 12.3 Å². The zero-order valence-corrected chi connectivity index (χ0v) is 11.5. The Labute approximate surface area is 115 Å². The summed E-state index contributed by atoms with van der Waals surface area (Å²) in [5.74, 6) is 2.78. The molecule has 0 heterocycles. The van der Waals surface area contributed by atoms with E-state index in [0.717, 1.165) is 12.1 Å². The fourth-order valence-corrected chi connectivity index (χ4v) is 2.46. The molecule has 1 heteroatoms. The fourth-order valence-electron chi connectivity index (χ4n) is 2.46. The van der Waals surface area contributed by atoms with E-state index in [2.05, 4.69) is 55.0 Å². The molecule has 1 nitrogen and oxygen atoms in total. The highest BCUT2D eigenvalue weighted by molar-refractivity contribution is 5.51. The highest BCUT2D eigenvalue weighted by Gasteiger charge is 2.16. The van der Waals surface area contributed by atoms with E-state index in [1.807, 2.05) is 24.3 Å². The van der Waals surface area contributed by atoms with Gasteiger partial charge in [0.15, 0.2) is 0 Å². The maximum absolute atomic E-state index is 5.60. The monoisotopic (exact) mass is 249 g/mol. The maximum Gasteiger partial charge on any atom is 0.0526 e. The molecular weight excluding hydrogens is 230 g/mol. The minimum absolute atomic E-state index is 0.264. The molecule has 0 N–H and O–H groups in total. The summed E-state index contributed by atoms with van der Waals surface area (Å²) in [7, 11) is 0. The third-order valence-electron chi connectivity index (χ3n) is 3.46. The second-order valence-electron chi connectivity index (χ2n) is 4.53. The average molecular weight is 249 g/mol. The molecule has 1 atom stereocenters. The highest BCUT2D eigenvalue weighted by atomic mass is 15.1. The van der Waals surface area contributed by atoms with E-state index in [4.69, 9.17) is 6.42 Å². The standard InChI is InChI=1S/C18H19N/c1-4-16-11-9-10-14-18(16)15(3)19(5-2)17-12-7-6-8-13-17/h1,6-15H,5H2,2-3H3. The van der Waals surface area contributed by atoms with Crippen molar-refractivity contribution < 1.29 is 0 Å². The molecule has 0 aliphatic rings. The molecule has 0 saturated heterocycles. The molecule has 0 amide bonds. The zero-order chi connectivity index (χ0) is 13.7. The molecule has 0 spiro atoms. The second kappa shape index (κ2) is 6.11. The van der Waals surface area contributed by atoms with Gasteiger partial charge in [0.05, 0.1) is 6.04 Å². The summed E-state index contributed by atoms with van der Waals surface area (Å²) >= 11 is 0. The minimum atomic E-state index is 0.264. The van der Waals surface area contributed by atoms with Crippen LogP contribution >= 0.6 is 0 Å². The van der Waals surface area contributed by atoms with Crippen LogP contribution in [-0.4, -0.2) is 6.54 Å². The molecule has 2 aromatic rings. The number of rotatable bonds is 4. The summed E-state index contributed by atoms with van der Waals surface area (Å²) < 4.78 is 0. The zero-order valence-electron chi connectivity index (χ0n) is 11.5. The van der Waals surface area contributed by atoms with Crippen LogP contribution < -0.4 is 4.90 Å². The predicted octanol–water partition coefficient (Wildman–Crippen LogP) is 4.26. The number of hydrogen-bond acceptors (Lipinski definition) is 1. The normalized spacial score (nSPS) is 11.6. The van der Waals surface area contributed by atoms with Gasteiger partial charge in [0, 0.05) is 17.8 Å². The number of terminal acetylenes is 1. The van der Waals surface area contributed by atoms with Gasteiger partial charge in [-0.3, -0.25) is 0 Å². The van der Waals surface area contributed by atoms with Crippen LogP contribution in [0.25, 0.3) is 0 Å². The Morgan fingerprint density at radius 2 is 1.68 bits per heavy atom. The van der Waals surface area contributed by atoms with Crippen molar-refractivity contribution in [1.82, 2.24) is 0 Å². The van der Waals surface area contributed by atoms with Crippen LogP contribution in [-0.2, 0) is 0 Å². The number of anilines is 1. The van der Waals surface area contributed by atoms with E-state index in [0.29, 0.717) is 0 Å². The molecule has 1 unspecified atom stereocenters. The molecule has 2 aromatic carbocycles. The van der Waals surface area contributed by atoms with Gasteiger partial charge in [0.2, 0.25) is 0 Å². The van der Waals surface area contributed by atoms with Crippen LogP contribution in [0.2, 0.25) is 0 Å². The van der Waals surface area contributed by atoms with E-state index in [-0.39, 0.29) is 6.04 Å². The van der Waals surface area contributed by atoms with Crippen molar-refractivity contribution in [2.45, 2.75) is 19.9 Å². The lowest BCUT2D eigenvalue weighted by atomic mass is 10.00. The van der Waals surface area contributed by atoms with Crippen molar-refractivity contribution in [3.8, 4) is 12.3 Å². The van der Waals surface area contributed by atoms with Crippen LogP contribution in [0.5, 0.6) is 0 Å². The summed E-state index contributed by atoms with van der Waals surface area (Å²) in [5.41, 5.74) is 3.41. The SMILES string of the molecule is C#Cc1ccccc1C(C)N(CC)c1ccccc1. The van der Waals surface area contributed by atoms with Gasteiger partial charge in [-0.25, -0.2) is 0 Å². The lowest BCUT2D eigenvalue weighted by molar-refractivity contribution is 0.689. The van der Waals surface area contributed by atoms with Crippen molar-refractivity contribution in [2.75, 3.05) is 11.4 Å². The Kier molecular flexibility index (Phi) is 4.26. The first-order valence-corrected chi connectivity index (χ1v) is 6.65. The van der Waals surface area contributed by atoms with Crippen LogP contribution in [0.1, 0.15) is 31.0 Å². The topological polar surface area (TPSA) is 3.24 Å². The molecule has 0 aliphatic carbocycles. The third-order valence-corrected chi connectivity index (χ3v) is 3.46. The Morgan fingerprint density at radius 1 is 1.05 bits per heavy atom. The highest BCUT2D eigenvalue weighted by Crippen LogP contribution is 2.28.